The molecule has 0 amide bonds. The Hall–Kier alpha value is -4.86. The van der Waals surface area contributed by atoms with E-state index in [4.69, 9.17) is 28.4 Å². The highest BCUT2D eigenvalue weighted by Crippen LogP contribution is 2.70. The van der Waals surface area contributed by atoms with Crippen molar-refractivity contribution in [3.8, 4) is 11.5 Å². The second kappa shape index (κ2) is 23.8. The van der Waals surface area contributed by atoms with E-state index in [-0.39, 0.29) is 46.5 Å². The van der Waals surface area contributed by atoms with Crippen LogP contribution in [0.5, 0.6) is 11.5 Å². The summed E-state index contributed by atoms with van der Waals surface area (Å²) >= 11 is 0. The molecule has 8 aliphatic rings. The van der Waals surface area contributed by atoms with Crippen LogP contribution in [-0.4, -0.2) is 36.5 Å². The molecule has 0 aromatic heterocycles. The largest absolute Gasteiger partial charge is 0.514 e. The van der Waals surface area contributed by atoms with Crippen molar-refractivity contribution in [1.29, 1.82) is 0 Å². The number of rotatable bonds is 16. The van der Waals surface area contributed by atoms with Crippen molar-refractivity contribution in [3.63, 3.8) is 0 Å². The van der Waals surface area contributed by atoms with Crippen LogP contribution in [0.3, 0.4) is 0 Å². The number of hydrogen-bond donors (Lipinski definition) is 0. The minimum absolute atomic E-state index is 0.0905. The zero-order valence-electron chi connectivity index (χ0n) is 49.2. The van der Waals surface area contributed by atoms with Crippen molar-refractivity contribution in [1.82, 2.24) is 0 Å². The maximum Gasteiger partial charge on any atom is 0.514 e. The predicted molar refractivity (Wildman–Crippen MR) is 308 cm³/mol. The summed E-state index contributed by atoms with van der Waals surface area (Å²) in [5, 5.41) is 0. The number of carbonyl (C=O) groups excluding carboxylic acids is 4. The van der Waals surface area contributed by atoms with Crippen LogP contribution in [0.1, 0.15) is 194 Å². The fraction of sp³-hybridized carbons (Fsp3) is 0.686. The zero-order chi connectivity index (χ0) is 55.8. The molecule has 8 aliphatic carbocycles. The van der Waals surface area contributed by atoms with Crippen LogP contribution < -0.4 is 9.47 Å². The number of benzene rings is 3. The van der Waals surface area contributed by atoms with E-state index in [1.165, 1.54) is 77.0 Å². The Kier molecular flexibility index (Phi) is 16.9. The Morgan fingerprint density at radius 2 is 0.863 bits per heavy atom. The molecule has 0 spiro atoms. The van der Waals surface area contributed by atoms with Gasteiger partial charge in [-0.25, -0.2) is 9.59 Å². The second-order valence-electron chi connectivity index (χ2n) is 28.3. The highest BCUT2D eigenvalue weighted by atomic mass is 16.7. The summed E-state index contributed by atoms with van der Waals surface area (Å²) in [6, 6.07) is 26.5. The van der Waals surface area contributed by atoms with Gasteiger partial charge in [0.2, 0.25) is 0 Å². The normalized spacial score (nSPS) is 37.6. The van der Waals surface area contributed by atoms with Gasteiger partial charge in [-0.1, -0.05) is 108 Å². The SMILES string of the molecule is C[C@H](CCC(=O)OCc1ccccc1)[C@H]1CC[C@H]2[C@@H]3CC[C@@H]4C[C@H](OC(=O)Oc5cccc(OC(=O)O[C@@H]6CC[C@@]7(C)[C@H](CC[C@@H]8[C@@H]7CC[C@]7(C)[C@@H]([C@H](C)CCC(=O)OCc9ccccc9)CC[C@@H]87)C6)c5)CC[C@]4(C)[C@H]3CC[C@]12C. The third-order valence-electron chi connectivity index (χ3n) is 24.6. The van der Waals surface area contributed by atoms with Crippen LogP contribution in [0.4, 0.5) is 9.59 Å². The number of esters is 2. The lowest BCUT2D eigenvalue weighted by Crippen LogP contribution is -2.54. The predicted octanol–water partition coefficient (Wildman–Crippen LogP) is 17.1. The molecule has 10 nitrogen and oxygen atoms in total. The number of hydrogen-bond acceptors (Lipinski definition) is 10. The first-order chi connectivity index (χ1) is 38.5. The van der Waals surface area contributed by atoms with Crippen molar-refractivity contribution in [2.75, 3.05) is 0 Å². The van der Waals surface area contributed by atoms with E-state index in [0.717, 1.165) is 86.2 Å². The van der Waals surface area contributed by atoms with Gasteiger partial charge in [0.25, 0.3) is 0 Å². The maximum absolute atomic E-state index is 13.4. The Labute approximate surface area is 478 Å². The third kappa shape index (κ3) is 11.6. The first-order valence-corrected chi connectivity index (χ1v) is 31.8. The average Bonchev–Trinajstić information content (AvgIpc) is 4.02. The van der Waals surface area contributed by atoms with Crippen LogP contribution >= 0.6 is 0 Å². The average molecular weight is 1100 g/mol. The molecule has 0 bridgehead atoms. The lowest BCUT2D eigenvalue weighted by Gasteiger charge is -2.61. The number of fused-ring (bicyclic) bond motifs is 10. The number of ether oxygens (including phenoxy) is 6. The van der Waals surface area contributed by atoms with E-state index in [0.29, 0.717) is 84.2 Å². The molecule has 18 atom stereocenters. The fourth-order valence-electron chi connectivity index (χ4n) is 20.4. The Morgan fingerprint density at radius 3 is 1.29 bits per heavy atom. The minimum Gasteiger partial charge on any atom is -0.461 e. The van der Waals surface area contributed by atoms with Crippen molar-refractivity contribution < 1.29 is 47.6 Å². The van der Waals surface area contributed by atoms with Crippen LogP contribution in [0.25, 0.3) is 0 Å². The van der Waals surface area contributed by atoms with Gasteiger partial charge in [-0.2, -0.15) is 0 Å². The fourth-order valence-corrected chi connectivity index (χ4v) is 20.4. The van der Waals surface area contributed by atoms with Crippen molar-refractivity contribution >= 4 is 24.2 Å². The zero-order valence-corrected chi connectivity index (χ0v) is 49.2. The molecule has 8 fully saturated rings. The molecular weight excluding hydrogens is 1000 g/mol. The van der Waals surface area contributed by atoms with Crippen molar-refractivity contribution in [2.24, 2.45) is 92.7 Å². The molecule has 0 radical (unpaired) electrons. The van der Waals surface area contributed by atoms with Crippen LogP contribution in [0, 0.1) is 92.7 Å². The van der Waals surface area contributed by atoms with Crippen LogP contribution in [0.2, 0.25) is 0 Å². The summed E-state index contributed by atoms with van der Waals surface area (Å²) in [5.41, 5.74) is 3.16. The minimum atomic E-state index is -0.713. The molecular formula is C70H94O10. The number of carbonyl (C=O) groups is 4. The van der Waals surface area contributed by atoms with E-state index in [2.05, 4.69) is 41.5 Å². The summed E-state index contributed by atoms with van der Waals surface area (Å²) in [5.74, 6) is 7.93. The molecule has 0 aliphatic heterocycles. The maximum atomic E-state index is 13.4. The van der Waals surface area contributed by atoms with E-state index in [1.807, 2.05) is 60.7 Å². The summed E-state index contributed by atoms with van der Waals surface area (Å²) < 4.78 is 34.9. The lowest BCUT2D eigenvalue weighted by molar-refractivity contribution is -0.146. The Morgan fingerprint density at radius 1 is 0.463 bits per heavy atom. The molecule has 11 rings (SSSR count). The van der Waals surface area contributed by atoms with E-state index >= 15 is 0 Å². The smallest absolute Gasteiger partial charge is 0.461 e. The first kappa shape index (κ1) is 57.0. The van der Waals surface area contributed by atoms with Crippen molar-refractivity contribution in [3.05, 3.63) is 96.1 Å². The first-order valence-electron chi connectivity index (χ1n) is 31.8. The summed E-state index contributed by atoms with van der Waals surface area (Å²) in [4.78, 5) is 52.3. The Bertz CT molecular complexity index is 2460. The highest BCUT2D eigenvalue weighted by molar-refractivity contribution is 5.70. The van der Waals surface area contributed by atoms with E-state index in [9.17, 15) is 19.2 Å². The molecule has 10 heteroatoms. The van der Waals surface area contributed by atoms with Gasteiger partial charge in [-0.3, -0.25) is 9.59 Å². The molecule has 0 N–H and O–H groups in total. The summed E-state index contributed by atoms with van der Waals surface area (Å²) in [7, 11) is 0. The molecule has 3 aromatic rings. The van der Waals surface area contributed by atoms with Gasteiger partial charge in [-0.05, 0) is 244 Å². The second-order valence-corrected chi connectivity index (χ2v) is 28.3. The van der Waals surface area contributed by atoms with E-state index in [1.54, 1.807) is 24.3 Å². The molecule has 0 unspecified atom stereocenters. The highest BCUT2D eigenvalue weighted by Gasteiger charge is 2.63. The molecule has 0 saturated heterocycles. The van der Waals surface area contributed by atoms with Gasteiger partial charge in [0.05, 0.1) is 0 Å². The van der Waals surface area contributed by atoms with Gasteiger partial charge in [0.15, 0.2) is 0 Å². The lowest BCUT2D eigenvalue weighted by atomic mass is 9.44. The molecule has 8 saturated carbocycles. The van der Waals surface area contributed by atoms with Gasteiger partial charge in [0, 0.05) is 18.9 Å². The summed E-state index contributed by atoms with van der Waals surface area (Å²) in [6.45, 7) is 15.7. The van der Waals surface area contributed by atoms with Gasteiger partial charge >= 0.3 is 24.2 Å². The Balaban J connectivity index is 0.605. The van der Waals surface area contributed by atoms with Gasteiger partial charge in [-0.15, -0.1) is 0 Å². The van der Waals surface area contributed by atoms with Crippen molar-refractivity contribution in [2.45, 2.75) is 208 Å². The molecule has 434 valence electrons. The molecule has 80 heavy (non-hydrogen) atoms. The van der Waals surface area contributed by atoms with Crippen LogP contribution in [-0.2, 0) is 41.8 Å². The van der Waals surface area contributed by atoms with Gasteiger partial charge in [0.1, 0.15) is 36.9 Å². The van der Waals surface area contributed by atoms with Gasteiger partial charge < -0.3 is 28.4 Å². The third-order valence-corrected chi connectivity index (χ3v) is 24.6. The molecule has 3 aromatic carbocycles. The topological polar surface area (TPSA) is 124 Å². The van der Waals surface area contributed by atoms with E-state index < -0.39 is 12.3 Å². The quantitative estimate of drug-likeness (QED) is 0.0778. The molecule has 0 heterocycles. The monoisotopic (exact) mass is 1090 g/mol. The standard InChI is InChI=1S/C70H94O10/c1-45(20-30-63(71)75-43-47-14-9-7-10-15-47)57-26-28-59-55-24-22-49-40-53(32-36-67(49,3)61(55)34-38-69(57,59)5)79-65(73)77-51-18-13-19-52(42-51)78-66(74)80-54-33-37-68(4)50(41-54)23-25-56-60-29-27-58(70(60,6)39-35-62(56)68)46(2)21-31-64(72)76-44-48-16-11-8-12-17-48/h7-19,42,45-46,49-50,53-62H,20-41,43-44H2,1-6H3/t45-,46-,49-,50-,53-,54-,55+,56+,57-,58-,59+,60+,61+,62+,67+,68+,69-,70-/m1/s1. The summed E-state index contributed by atoms with van der Waals surface area (Å²) in [6.07, 6.45) is 21.4. The van der Waals surface area contributed by atoms with Crippen LogP contribution in [0.15, 0.2) is 84.9 Å².